The Balaban J connectivity index is 0.000000948. The lowest BCUT2D eigenvalue weighted by atomic mass is 9.60. The second-order valence-electron chi connectivity index (χ2n) is 9.26. The van der Waals surface area contributed by atoms with Gasteiger partial charge in [0.15, 0.2) is 0 Å². The van der Waals surface area contributed by atoms with Crippen molar-refractivity contribution in [2.24, 2.45) is 27.8 Å². The van der Waals surface area contributed by atoms with Gasteiger partial charge in [0.25, 0.3) is 0 Å². The minimum atomic E-state index is 0.125. The molecule has 4 aliphatic rings. The third-order valence-corrected chi connectivity index (χ3v) is 6.64. The van der Waals surface area contributed by atoms with Crippen LogP contribution in [0.3, 0.4) is 0 Å². The SMILES string of the molecule is CC.CN1CCC2CC3C(C=NN3C3=CC=CC(C)(C)C=C3)CC2(C)C1. The van der Waals surface area contributed by atoms with Crippen LogP contribution in [0.5, 0.6) is 0 Å². The fourth-order valence-electron chi connectivity index (χ4n) is 5.22. The van der Waals surface area contributed by atoms with Gasteiger partial charge in [0.05, 0.1) is 11.7 Å². The molecule has 4 unspecified atom stereocenters. The van der Waals surface area contributed by atoms with E-state index in [4.69, 9.17) is 5.10 Å². The van der Waals surface area contributed by atoms with Crippen LogP contribution in [0.2, 0.25) is 0 Å². The van der Waals surface area contributed by atoms with E-state index in [0.29, 0.717) is 17.4 Å². The van der Waals surface area contributed by atoms with E-state index in [1.165, 1.54) is 38.0 Å². The molecule has 1 saturated carbocycles. The van der Waals surface area contributed by atoms with Gasteiger partial charge in [0, 0.05) is 24.1 Å². The number of fused-ring (bicyclic) bond motifs is 2. The maximum atomic E-state index is 4.84. The summed E-state index contributed by atoms with van der Waals surface area (Å²) in [5.41, 5.74) is 1.84. The zero-order chi connectivity index (χ0) is 18.9. The lowest BCUT2D eigenvalue weighted by molar-refractivity contribution is -0.0158. The smallest absolute Gasteiger partial charge is 0.0607 e. The Morgan fingerprint density at radius 1 is 1.15 bits per heavy atom. The quantitative estimate of drug-likeness (QED) is 0.652. The molecule has 0 spiro atoms. The van der Waals surface area contributed by atoms with Crippen LogP contribution in [0, 0.1) is 22.7 Å². The Morgan fingerprint density at radius 2 is 1.92 bits per heavy atom. The van der Waals surface area contributed by atoms with E-state index in [1.54, 1.807) is 0 Å². The number of hydrazone groups is 1. The first-order valence-corrected chi connectivity index (χ1v) is 10.5. The predicted octanol–water partition coefficient (Wildman–Crippen LogP) is 5.09. The zero-order valence-corrected chi connectivity index (χ0v) is 17.6. The average Bonchev–Trinajstić information content (AvgIpc) is 2.89. The van der Waals surface area contributed by atoms with Crippen LogP contribution in [0.1, 0.15) is 53.9 Å². The topological polar surface area (TPSA) is 18.8 Å². The molecule has 4 rings (SSSR count). The highest BCUT2D eigenvalue weighted by molar-refractivity contribution is 5.65. The number of rotatable bonds is 1. The largest absolute Gasteiger partial charge is 0.306 e. The highest BCUT2D eigenvalue weighted by atomic mass is 15.5. The molecule has 4 atom stereocenters. The van der Waals surface area contributed by atoms with E-state index in [0.717, 1.165) is 5.92 Å². The van der Waals surface area contributed by atoms with Crippen molar-refractivity contribution in [3.05, 3.63) is 36.1 Å². The Bertz CT molecular complexity index is 627. The van der Waals surface area contributed by atoms with Gasteiger partial charge in [-0.2, -0.15) is 5.10 Å². The van der Waals surface area contributed by atoms with Gasteiger partial charge in [0.2, 0.25) is 0 Å². The second kappa shape index (κ2) is 7.34. The maximum absolute atomic E-state index is 4.84. The first-order valence-electron chi connectivity index (χ1n) is 10.5. The number of hydrogen-bond acceptors (Lipinski definition) is 3. The third-order valence-electron chi connectivity index (χ3n) is 6.64. The van der Waals surface area contributed by atoms with Gasteiger partial charge in [-0.15, -0.1) is 0 Å². The van der Waals surface area contributed by atoms with Gasteiger partial charge in [-0.25, -0.2) is 0 Å². The maximum Gasteiger partial charge on any atom is 0.0607 e. The fourth-order valence-corrected chi connectivity index (χ4v) is 5.22. The number of piperidine rings is 1. The summed E-state index contributed by atoms with van der Waals surface area (Å²) >= 11 is 0. The number of hydrogen-bond donors (Lipinski definition) is 0. The lowest BCUT2D eigenvalue weighted by Crippen LogP contribution is -2.53. The van der Waals surface area contributed by atoms with Crippen molar-refractivity contribution < 1.29 is 0 Å². The summed E-state index contributed by atoms with van der Waals surface area (Å²) in [5.74, 6) is 1.44. The number of likely N-dealkylation sites (tertiary alicyclic amines) is 1. The van der Waals surface area contributed by atoms with E-state index < -0.39 is 0 Å². The van der Waals surface area contributed by atoms with E-state index in [1.807, 2.05) is 13.8 Å². The van der Waals surface area contributed by atoms with Crippen molar-refractivity contribution in [1.82, 2.24) is 9.91 Å². The average molecular weight is 356 g/mol. The molecule has 0 radical (unpaired) electrons. The van der Waals surface area contributed by atoms with Gasteiger partial charge < -0.3 is 4.90 Å². The first kappa shape index (κ1) is 19.4. The molecule has 0 bridgehead atoms. The molecular formula is C23H37N3. The van der Waals surface area contributed by atoms with Crippen molar-refractivity contribution in [3.8, 4) is 0 Å². The van der Waals surface area contributed by atoms with Gasteiger partial charge >= 0.3 is 0 Å². The molecule has 0 aromatic heterocycles. The normalized spacial score (nSPS) is 38.0. The van der Waals surface area contributed by atoms with Crippen LogP contribution in [-0.4, -0.2) is 42.3 Å². The zero-order valence-electron chi connectivity index (χ0n) is 17.6. The van der Waals surface area contributed by atoms with Gasteiger partial charge in [-0.1, -0.05) is 52.8 Å². The lowest BCUT2D eigenvalue weighted by Gasteiger charge is -2.52. The van der Waals surface area contributed by atoms with Crippen molar-refractivity contribution >= 4 is 6.21 Å². The molecule has 2 heterocycles. The molecule has 0 aromatic rings. The Morgan fingerprint density at radius 3 is 2.69 bits per heavy atom. The van der Waals surface area contributed by atoms with E-state index in [9.17, 15) is 0 Å². The van der Waals surface area contributed by atoms with E-state index in [2.05, 4.69) is 74.3 Å². The minimum Gasteiger partial charge on any atom is -0.306 e. The third kappa shape index (κ3) is 3.69. The summed E-state index contributed by atoms with van der Waals surface area (Å²) < 4.78 is 0. The van der Waals surface area contributed by atoms with Crippen LogP contribution in [0.4, 0.5) is 0 Å². The highest BCUT2D eigenvalue weighted by Crippen LogP contribution is 2.50. The molecule has 2 aliphatic heterocycles. The van der Waals surface area contributed by atoms with Crippen LogP contribution < -0.4 is 0 Å². The molecule has 1 saturated heterocycles. The van der Waals surface area contributed by atoms with Crippen LogP contribution in [0.15, 0.2) is 41.2 Å². The fraction of sp³-hybridized carbons (Fsp3) is 0.696. The molecule has 2 aliphatic carbocycles. The van der Waals surface area contributed by atoms with Crippen molar-refractivity contribution in [3.63, 3.8) is 0 Å². The first-order chi connectivity index (χ1) is 12.4. The summed E-state index contributed by atoms with van der Waals surface area (Å²) in [6.45, 7) is 13.5. The standard InChI is InChI=1S/C21H31N3.C2H6/c1-20(2)9-5-6-18(7-10-20)24-19-12-17-8-11-23(4)15-21(17,3)13-16(19)14-22-24;1-2/h5-7,9-10,14,16-17,19H,8,11-13,15H2,1-4H3;1-2H3. The van der Waals surface area contributed by atoms with Gasteiger partial charge in [-0.05, 0) is 56.3 Å². The van der Waals surface area contributed by atoms with Crippen molar-refractivity contribution in [2.75, 3.05) is 20.1 Å². The van der Waals surface area contributed by atoms with Crippen LogP contribution >= 0.6 is 0 Å². The summed E-state index contributed by atoms with van der Waals surface area (Å²) in [7, 11) is 2.28. The summed E-state index contributed by atoms with van der Waals surface area (Å²) in [4.78, 5) is 2.52. The number of allylic oxidation sites excluding steroid dienone is 5. The van der Waals surface area contributed by atoms with Crippen molar-refractivity contribution in [1.29, 1.82) is 0 Å². The number of nitrogens with zero attached hydrogens (tertiary/aromatic N) is 3. The molecule has 2 fully saturated rings. The van der Waals surface area contributed by atoms with Crippen LogP contribution in [-0.2, 0) is 0 Å². The van der Waals surface area contributed by atoms with E-state index >= 15 is 0 Å². The van der Waals surface area contributed by atoms with Crippen LogP contribution in [0.25, 0.3) is 0 Å². The second-order valence-corrected chi connectivity index (χ2v) is 9.26. The van der Waals surface area contributed by atoms with Gasteiger partial charge in [-0.3, -0.25) is 5.01 Å². The Labute approximate surface area is 160 Å². The van der Waals surface area contributed by atoms with Gasteiger partial charge in [0.1, 0.15) is 0 Å². The molecule has 0 N–H and O–H groups in total. The summed E-state index contributed by atoms with van der Waals surface area (Å²) in [5, 5.41) is 7.15. The minimum absolute atomic E-state index is 0.125. The molecule has 144 valence electrons. The Kier molecular flexibility index (Phi) is 5.48. The molecule has 3 heteroatoms. The molecule has 0 amide bonds. The highest BCUT2D eigenvalue weighted by Gasteiger charge is 2.49. The molecular weight excluding hydrogens is 318 g/mol. The molecule has 0 aromatic carbocycles. The monoisotopic (exact) mass is 355 g/mol. The summed E-state index contributed by atoms with van der Waals surface area (Å²) in [6, 6.07) is 0.553. The predicted molar refractivity (Wildman–Crippen MR) is 112 cm³/mol. The molecule has 3 nitrogen and oxygen atoms in total. The Hall–Kier alpha value is -1.35. The van der Waals surface area contributed by atoms with E-state index in [-0.39, 0.29) is 5.41 Å². The molecule has 26 heavy (non-hydrogen) atoms. The summed E-state index contributed by atoms with van der Waals surface area (Å²) in [6.07, 6.45) is 17.4. The van der Waals surface area contributed by atoms with Crippen molar-refractivity contribution in [2.45, 2.75) is 59.9 Å².